The van der Waals surface area contributed by atoms with E-state index in [0.29, 0.717) is 24.2 Å². The molecule has 1 unspecified atom stereocenters. The van der Waals surface area contributed by atoms with E-state index in [-0.39, 0.29) is 15.5 Å². The third-order valence-corrected chi connectivity index (χ3v) is 10.1. The molecule has 5 aromatic carbocycles. The van der Waals surface area contributed by atoms with E-state index < -0.39 is 26.2 Å². The molecule has 0 radical (unpaired) electrons. The van der Waals surface area contributed by atoms with E-state index in [9.17, 15) is 31.0 Å². The van der Waals surface area contributed by atoms with Crippen LogP contribution < -0.4 is 9.80 Å². The Balaban J connectivity index is 1.52. The molecule has 0 aliphatic rings. The summed E-state index contributed by atoms with van der Waals surface area (Å²) in [7, 11) is -9.03. The van der Waals surface area contributed by atoms with Crippen molar-refractivity contribution >= 4 is 31.6 Å². The van der Waals surface area contributed by atoms with Gasteiger partial charge in [0.05, 0.1) is 4.90 Å². The van der Waals surface area contributed by atoms with E-state index in [1.165, 1.54) is 29.8 Å². The van der Waals surface area contributed by atoms with Gasteiger partial charge in [0.1, 0.15) is 10.6 Å². The predicted molar refractivity (Wildman–Crippen MR) is 188 cm³/mol. The van der Waals surface area contributed by atoms with E-state index in [1.54, 1.807) is 12.1 Å². The first-order valence-corrected chi connectivity index (χ1v) is 18.4. The minimum Gasteiger partial charge on any atom is -0.508 e. The van der Waals surface area contributed by atoms with Gasteiger partial charge in [-0.2, -0.15) is 16.8 Å². The molecular weight excluding hydrogens is 649 g/mol. The third-order valence-electron chi connectivity index (χ3n) is 8.32. The average molecular weight is 687 g/mol. The van der Waals surface area contributed by atoms with Gasteiger partial charge in [-0.1, -0.05) is 72.8 Å². The summed E-state index contributed by atoms with van der Waals surface area (Å²) in [6, 6.07) is 35.7. The van der Waals surface area contributed by atoms with Crippen molar-refractivity contribution in [3.63, 3.8) is 0 Å². The molecule has 0 aliphatic carbocycles. The highest BCUT2D eigenvalue weighted by molar-refractivity contribution is 7.86. The fourth-order valence-electron chi connectivity index (χ4n) is 5.89. The maximum absolute atomic E-state index is 12.5. The fraction of sp³-hybridized carbons (Fsp3) is 0.189. The van der Waals surface area contributed by atoms with Gasteiger partial charge < -0.3 is 14.9 Å². The maximum atomic E-state index is 12.5. The van der Waals surface area contributed by atoms with Crippen LogP contribution in [0.2, 0.25) is 0 Å². The van der Waals surface area contributed by atoms with Crippen molar-refractivity contribution in [3.05, 3.63) is 149 Å². The lowest BCUT2D eigenvalue weighted by Gasteiger charge is -2.26. The normalized spacial score (nSPS) is 12.4. The van der Waals surface area contributed by atoms with Crippen LogP contribution in [0.3, 0.4) is 0 Å². The molecule has 9 nitrogen and oxygen atoms in total. The van der Waals surface area contributed by atoms with Crippen molar-refractivity contribution in [2.24, 2.45) is 0 Å². The quantitative estimate of drug-likeness (QED) is 0.0874. The summed E-state index contributed by atoms with van der Waals surface area (Å²) in [6.45, 7) is 6.53. The van der Waals surface area contributed by atoms with Crippen molar-refractivity contribution in [3.8, 4) is 5.75 Å². The minimum absolute atomic E-state index is 0.175. The van der Waals surface area contributed by atoms with Crippen LogP contribution in [-0.2, 0) is 33.3 Å². The Hall–Kier alpha value is -4.68. The van der Waals surface area contributed by atoms with Crippen LogP contribution >= 0.6 is 0 Å². The molecule has 1 atom stereocenters. The SMILES string of the molecule is CCN(Cc1ccccc1)c1ccc(C(c2ccc(N(CC)Cc3cccc(S(=O)(=O)O)c3)cc2)c2ccc(O)cc2S(=O)(=O)O)cc1. The zero-order chi connectivity index (χ0) is 34.5. The number of hydrogen-bond donors (Lipinski definition) is 3. The van der Waals surface area contributed by atoms with Gasteiger partial charge >= 0.3 is 0 Å². The van der Waals surface area contributed by atoms with Crippen molar-refractivity contribution in [1.82, 2.24) is 0 Å². The van der Waals surface area contributed by atoms with Gasteiger partial charge in [0, 0.05) is 49.5 Å². The van der Waals surface area contributed by atoms with E-state index in [2.05, 4.69) is 24.0 Å². The molecule has 5 aromatic rings. The van der Waals surface area contributed by atoms with Crippen LogP contribution in [0, 0.1) is 0 Å². The Morgan fingerprint density at radius 2 is 1.10 bits per heavy atom. The number of phenols is 1. The molecule has 48 heavy (non-hydrogen) atoms. The Labute approximate surface area is 282 Å². The second kappa shape index (κ2) is 14.6. The van der Waals surface area contributed by atoms with Gasteiger partial charge in [-0.3, -0.25) is 9.11 Å². The number of rotatable bonds is 13. The lowest BCUT2D eigenvalue weighted by Crippen LogP contribution is -2.22. The first-order valence-electron chi connectivity index (χ1n) is 15.5. The van der Waals surface area contributed by atoms with Crippen molar-refractivity contribution in [1.29, 1.82) is 0 Å². The average Bonchev–Trinajstić information content (AvgIpc) is 3.07. The standard InChI is InChI=1S/C37H38N2O7S2/c1-3-38(25-27-9-6-5-7-10-27)31-17-13-29(14-18-31)37(35-22-21-33(40)24-36(35)48(44,45)46)30-15-19-32(20-16-30)39(4-2)26-28-11-8-12-34(23-28)47(41,42)43/h5-24,37,40H,3-4,25-26H2,1-2H3,(H,41,42,43)(H,44,45,46). The smallest absolute Gasteiger partial charge is 0.294 e. The Bertz CT molecular complexity index is 2070. The molecule has 0 spiro atoms. The van der Waals surface area contributed by atoms with Crippen LogP contribution in [-0.4, -0.2) is 44.1 Å². The second-order valence-corrected chi connectivity index (χ2v) is 14.3. The molecule has 3 N–H and O–H groups in total. The Morgan fingerprint density at radius 3 is 1.60 bits per heavy atom. The molecule has 0 bridgehead atoms. The topological polar surface area (TPSA) is 135 Å². The van der Waals surface area contributed by atoms with Crippen LogP contribution in [0.4, 0.5) is 11.4 Å². The lowest BCUT2D eigenvalue weighted by molar-refractivity contribution is 0.465. The number of hydrogen-bond acceptors (Lipinski definition) is 7. The highest BCUT2D eigenvalue weighted by atomic mass is 32.2. The first kappa shape index (κ1) is 34.6. The van der Waals surface area contributed by atoms with E-state index in [0.717, 1.165) is 41.7 Å². The molecule has 0 saturated heterocycles. The van der Waals surface area contributed by atoms with Crippen molar-refractivity contribution in [2.75, 3.05) is 22.9 Å². The summed E-state index contributed by atoms with van der Waals surface area (Å²) in [6.07, 6.45) is 0. The number of aromatic hydroxyl groups is 1. The summed E-state index contributed by atoms with van der Waals surface area (Å²) >= 11 is 0. The van der Waals surface area contributed by atoms with Crippen molar-refractivity contribution < 1.29 is 31.0 Å². The molecule has 0 fully saturated rings. The highest BCUT2D eigenvalue weighted by Crippen LogP contribution is 2.38. The molecule has 250 valence electrons. The monoisotopic (exact) mass is 686 g/mol. The summed E-state index contributed by atoms with van der Waals surface area (Å²) in [5, 5.41) is 10.1. The highest BCUT2D eigenvalue weighted by Gasteiger charge is 2.26. The van der Waals surface area contributed by atoms with Crippen LogP contribution in [0.15, 0.2) is 131 Å². The van der Waals surface area contributed by atoms with Crippen molar-refractivity contribution in [2.45, 2.75) is 42.6 Å². The molecule has 0 aromatic heterocycles. The first-order chi connectivity index (χ1) is 22.9. The molecule has 0 heterocycles. The maximum Gasteiger partial charge on any atom is 0.294 e. The summed E-state index contributed by atoms with van der Waals surface area (Å²) < 4.78 is 68.1. The van der Waals surface area contributed by atoms with Gasteiger partial charge in [-0.15, -0.1) is 0 Å². The van der Waals surface area contributed by atoms with Crippen LogP contribution in [0.1, 0.15) is 47.6 Å². The molecular formula is C37H38N2O7S2. The van der Waals surface area contributed by atoms with E-state index in [1.807, 2.05) is 78.6 Å². The Kier molecular flexibility index (Phi) is 10.5. The van der Waals surface area contributed by atoms with Gasteiger partial charge in [0.15, 0.2) is 0 Å². The third kappa shape index (κ3) is 8.23. The number of phenolic OH excluding ortho intramolecular Hbond substituents is 1. The molecule has 11 heteroatoms. The van der Waals surface area contributed by atoms with Crippen LogP contribution in [0.5, 0.6) is 5.75 Å². The summed E-state index contributed by atoms with van der Waals surface area (Å²) in [5.74, 6) is -0.900. The second-order valence-electron chi connectivity index (χ2n) is 11.4. The fourth-order valence-corrected chi connectivity index (χ4v) is 7.20. The van der Waals surface area contributed by atoms with E-state index in [4.69, 9.17) is 0 Å². The predicted octanol–water partition coefficient (Wildman–Crippen LogP) is 7.12. The number of nitrogens with zero attached hydrogens (tertiary/aromatic N) is 2. The van der Waals surface area contributed by atoms with Gasteiger partial charge in [0.2, 0.25) is 0 Å². The molecule has 0 aliphatic heterocycles. The van der Waals surface area contributed by atoms with Gasteiger partial charge in [-0.05, 0) is 84.1 Å². The zero-order valence-electron chi connectivity index (χ0n) is 26.6. The summed E-state index contributed by atoms with van der Waals surface area (Å²) in [5.41, 5.74) is 5.56. The van der Waals surface area contributed by atoms with Gasteiger partial charge in [-0.25, -0.2) is 0 Å². The van der Waals surface area contributed by atoms with E-state index >= 15 is 0 Å². The summed E-state index contributed by atoms with van der Waals surface area (Å²) in [4.78, 5) is 3.71. The lowest BCUT2D eigenvalue weighted by atomic mass is 9.84. The molecule has 0 saturated carbocycles. The zero-order valence-corrected chi connectivity index (χ0v) is 28.3. The van der Waals surface area contributed by atoms with Crippen LogP contribution in [0.25, 0.3) is 0 Å². The molecule has 5 rings (SSSR count). The van der Waals surface area contributed by atoms with Gasteiger partial charge in [0.25, 0.3) is 20.2 Å². The minimum atomic E-state index is -4.69. The largest absolute Gasteiger partial charge is 0.508 e. The number of anilines is 2. The molecule has 0 amide bonds. The number of benzene rings is 5. The Morgan fingerprint density at radius 1 is 0.583 bits per heavy atom.